The van der Waals surface area contributed by atoms with Crippen LogP contribution >= 0.6 is 24.2 Å². The number of pyridine rings is 1. The Morgan fingerprint density at radius 2 is 1.32 bits per heavy atom. The number of fused-ring (bicyclic) bond motifs is 1. The molecule has 0 atom stereocenters. The Kier molecular flexibility index (Phi) is 35.0. The Labute approximate surface area is 515 Å². The Bertz CT molecular complexity index is 3910. The fraction of sp³-hybridized carbons (Fsp3) is 0.150. The molecule has 0 radical (unpaired) electrons. The lowest BCUT2D eigenvalue weighted by Crippen LogP contribution is -2.38. The Morgan fingerprint density at radius 1 is 0.786 bits per heavy atom. The summed E-state index contributed by atoms with van der Waals surface area (Å²) in [4.78, 5) is 39.5. The second-order valence-electron chi connectivity index (χ2n) is 14.0. The molecule has 7 N–H and O–H groups in total. The van der Waals surface area contributed by atoms with E-state index in [1.807, 2.05) is 11.4 Å². The standard InChI is InChI=1S/C30H33N5O6S.C30H2.H3N5O6S.15H2/c31-28-26-21(19-42-27(26)25(17-33-28)30(38)32-7-11-36)18-41-24-6-2-4-22(16-24)34-29(37)20-3-1-5-23(15-20)40-14-10-35-8-12-39-13-9-35;1-3-5-7-9-11-13-15-17-19-21-23-25-27-29-30-28-26-24-22-20-18-16-14-12-10-8-6-4-2;1-2-3-4-5(7-9-6)8-10-11-12;;;;;;;;;;;;;;;/h1-6,15-17,19,36H,7-14,18H2,(H2,31,33)(H,32,38)(H,34,37);1-2H;1,6,12H;15*1H/b;;2-1?,4-3+;;;;;;;;;;;;;;;. The Balaban J connectivity index is -0.000000106. The van der Waals surface area contributed by atoms with E-state index in [0.29, 0.717) is 50.8 Å². The van der Waals surface area contributed by atoms with Crippen LogP contribution in [0.25, 0.3) is 10.1 Å². The number of morpholine rings is 1. The Hall–Kier alpha value is -11.7. The van der Waals surface area contributed by atoms with Gasteiger partial charge in [-0.15, -0.1) is 28.5 Å². The van der Waals surface area contributed by atoms with Gasteiger partial charge in [-0.05, 0) is 161 Å². The number of aromatic nitrogens is 1. The second-order valence-corrected chi connectivity index (χ2v) is 15.1. The van der Waals surface area contributed by atoms with Gasteiger partial charge in [0.25, 0.3) is 11.8 Å². The lowest BCUT2D eigenvalue weighted by Gasteiger charge is -2.26. The van der Waals surface area contributed by atoms with Crippen LogP contribution in [0.15, 0.2) is 75.8 Å². The highest BCUT2D eigenvalue weighted by Gasteiger charge is 2.18. The number of nitrogens with zero attached hydrogens (tertiary/aromatic N) is 6. The van der Waals surface area contributed by atoms with Gasteiger partial charge >= 0.3 is 0 Å². The number of rotatable bonds is 19. The van der Waals surface area contributed by atoms with Gasteiger partial charge in [0.2, 0.25) is 0 Å². The molecule has 84 heavy (non-hydrogen) atoms. The molecular formula is C60H68N10O12S2. The van der Waals surface area contributed by atoms with Crippen molar-refractivity contribution in [3.63, 3.8) is 0 Å². The van der Waals surface area contributed by atoms with Gasteiger partial charge in [0, 0.05) is 171 Å². The number of anilines is 2. The van der Waals surface area contributed by atoms with Crippen LogP contribution < -0.4 is 25.8 Å². The number of hydrogen-bond acceptors (Lipinski definition) is 19. The lowest BCUT2D eigenvalue weighted by atomic mass is 10.1. The minimum absolute atomic E-state index is 0. The van der Waals surface area contributed by atoms with Crippen molar-refractivity contribution in [1.29, 1.82) is 5.53 Å². The molecule has 2 aromatic heterocycles. The van der Waals surface area contributed by atoms with Crippen LogP contribution in [0, 0.1) is 184 Å². The molecule has 442 valence electrons. The zero-order valence-corrected chi connectivity index (χ0v) is 45.1. The number of ether oxygens (including phenoxy) is 3. The highest BCUT2D eigenvalue weighted by Crippen LogP contribution is 2.33. The van der Waals surface area contributed by atoms with E-state index in [2.05, 4.69) is 239 Å². The van der Waals surface area contributed by atoms with Gasteiger partial charge in [0.15, 0.2) is 0 Å². The van der Waals surface area contributed by atoms with Crippen molar-refractivity contribution in [2.75, 3.05) is 63.7 Å². The number of hydrogen-bond donors (Lipinski definition) is 7. The predicted molar refractivity (Wildman–Crippen MR) is 341 cm³/mol. The second kappa shape index (κ2) is 44.2. The third kappa shape index (κ3) is 29.3. The zero-order valence-electron chi connectivity index (χ0n) is 43.4. The Morgan fingerprint density at radius 3 is 1.83 bits per heavy atom. The maximum Gasteiger partial charge on any atom is 0.255 e. The summed E-state index contributed by atoms with van der Waals surface area (Å²) in [5, 5.41) is 39.4. The molecule has 3 heterocycles. The summed E-state index contributed by atoms with van der Waals surface area (Å²) in [6.45, 7) is 4.80. The van der Waals surface area contributed by atoms with Gasteiger partial charge in [-0.3, -0.25) is 14.5 Å². The number of nitrogens with one attached hydrogen (secondary N) is 3. The molecule has 0 aliphatic carbocycles. The predicted octanol–water partition coefficient (Wildman–Crippen LogP) is 7.71. The maximum absolute atomic E-state index is 13.0. The van der Waals surface area contributed by atoms with E-state index in [9.17, 15) is 9.59 Å². The summed E-state index contributed by atoms with van der Waals surface area (Å²) in [5.74, 6) is 69.1. The molecule has 0 spiro atoms. The monoisotopic (exact) mass is 1180 g/mol. The maximum atomic E-state index is 13.0. The molecule has 2 amide bonds. The average molecular weight is 1190 g/mol. The molecule has 24 heteroatoms. The van der Waals surface area contributed by atoms with Crippen LogP contribution in [0.1, 0.15) is 47.7 Å². The van der Waals surface area contributed by atoms with E-state index in [1.165, 1.54) is 17.5 Å². The number of carbonyl (C=O) groups is 2. The summed E-state index contributed by atoms with van der Waals surface area (Å²) in [6.07, 6.45) is 11.3. The van der Waals surface area contributed by atoms with Gasteiger partial charge in [-0.25, -0.2) is 10.2 Å². The van der Waals surface area contributed by atoms with Crippen LogP contribution in [0.4, 0.5) is 11.5 Å². The number of aliphatic hydroxyl groups is 1. The fourth-order valence-electron chi connectivity index (χ4n) is 5.52. The quantitative estimate of drug-likeness (QED) is 0.0118. The molecule has 1 aliphatic rings. The van der Waals surface area contributed by atoms with Gasteiger partial charge in [-0.1, -0.05) is 12.1 Å². The van der Waals surface area contributed by atoms with Crippen molar-refractivity contribution < 1.29 is 79.9 Å². The minimum Gasteiger partial charge on any atom is -0.492 e. The third-order valence-corrected chi connectivity index (χ3v) is 9.91. The van der Waals surface area contributed by atoms with E-state index < -0.39 is 0 Å². The number of benzene rings is 2. The van der Waals surface area contributed by atoms with Crippen LogP contribution in [0.3, 0.4) is 0 Å². The smallest absolute Gasteiger partial charge is 0.255 e. The number of thiophene rings is 1. The van der Waals surface area contributed by atoms with Crippen molar-refractivity contribution in [2.24, 2.45) is 15.7 Å². The van der Waals surface area contributed by atoms with E-state index in [1.54, 1.807) is 42.5 Å². The van der Waals surface area contributed by atoms with E-state index >= 15 is 0 Å². The lowest BCUT2D eigenvalue weighted by molar-refractivity contribution is -0.695. The van der Waals surface area contributed by atoms with Crippen molar-refractivity contribution in [2.45, 2.75) is 6.61 Å². The van der Waals surface area contributed by atoms with Crippen molar-refractivity contribution >= 4 is 57.7 Å². The fourth-order valence-corrected chi connectivity index (χ4v) is 6.62. The number of terminal acetylenes is 2. The number of amides is 2. The van der Waals surface area contributed by atoms with E-state index in [4.69, 9.17) is 48.7 Å². The SMILES string of the molecule is C#CC#CC#CC#CC#CC#CC#CC#CC#CC#CC#CC#CC#CC#CC#C.N=N/N=N/N(OOO)OOOS.Nc1ncc(C(=O)NCCO)c2scc(COc3cccc(NC(=O)c4cccc(OCCN5CCOCC5)c4)c3)c12.[HH].[HH].[HH].[HH].[HH].[HH].[HH].[HH].[HH].[HH].[HH].[HH].[HH].[HH].[HH]. The molecule has 1 fully saturated rings. The summed E-state index contributed by atoms with van der Waals surface area (Å²) in [6, 6.07) is 14.2. The molecule has 2 aromatic carbocycles. The van der Waals surface area contributed by atoms with Crippen LogP contribution in [0.2, 0.25) is 0 Å². The third-order valence-electron chi connectivity index (χ3n) is 8.79. The first-order valence-electron chi connectivity index (χ1n) is 23.0. The molecular weight excluding hydrogens is 1120 g/mol. The highest BCUT2D eigenvalue weighted by molar-refractivity contribution is 7.74. The molecule has 1 saturated heterocycles. The van der Waals surface area contributed by atoms with Crippen molar-refractivity contribution in [1.82, 2.24) is 20.5 Å². The molecule has 0 saturated carbocycles. The molecule has 5 rings (SSSR count). The van der Waals surface area contributed by atoms with Crippen LogP contribution in [-0.2, 0) is 35.7 Å². The molecule has 22 nitrogen and oxygen atoms in total. The highest BCUT2D eigenvalue weighted by atomic mass is 32.1. The molecule has 4 aromatic rings. The van der Waals surface area contributed by atoms with Gasteiger partial charge < -0.3 is 35.7 Å². The number of nitrogen functional groups attached to an aromatic ring is 1. The first-order chi connectivity index (χ1) is 41.3. The van der Waals surface area contributed by atoms with Gasteiger partial charge in [-0.2, -0.15) is 5.53 Å². The largest absolute Gasteiger partial charge is 0.492 e. The normalized spacial score (nSPS) is 9.63. The van der Waals surface area contributed by atoms with Gasteiger partial charge in [0.05, 0.1) is 35.4 Å². The number of thiol groups is 1. The van der Waals surface area contributed by atoms with Crippen molar-refractivity contribution in [3.05, 3.63) is 76.8 Å². The number of nitrogens with two attached hydrogens (primary N) is 1. The van der Waals surface area contributed by atoms with Gasteiger partial charge in [0.1, 0.15) is 30.5 Å². The zero-order chi connectivity index (χ0) is 60.3. The molecule has 1 aliphatic heterocycles. The van der Waals surface area contributed by atoms with Crippen LogP contribution in [-0.4, -0.2) is 90.0 Å². The topological polar surface area (TPSA) is 279 Å². The molecule has 0 bridgehead atoms. The molecule has 0 unspecified atom stereocenters. The minimum atomic E-state index is -0.329. The summed E-state index contributed by atoms with van der Waals surface area (Å²) >= 11 is 4.46. The number of aliphatic hydroxyl groups excluding tert-OH is 1. The van der Waals surface area contributed by atoms with Crippen LogP contribution in [0.5, 0.6) is 11.5 Å². The van der Waals surface area contributed by atoms with E-state index in [-0.39, 0.29) is 58.3 Å². The number of carbonyl (C=O) groups excluding carboxylic acids is 2. The average Bonchev–Trinajstić information content (AvgIpc) is 1.67. The summed E-state index contributed by atoms with van der Waals surface area (Å²) in [5.41, 5.74) is 14.5. The summed E-state index contributed by atoms with van der Waals surface area (Å²) in [7, 11) is 0. The summed E-state index contributed by atoms with van der Waals surface area (Å²) < 4.78 is 21.6. The first-order valence-corrected chi connectivity index (χ1v) is 24.2. The van der Waals surface area contributed by atoms with Crippen molar-refractivity contribution in [3.8, 4) is 190 Å². The van der Waals surface area contributed by atoms with E-state index in [0.717, 1.165) is 38.4 Å². The first kappa shape index (κ1) is 66.6.